The first kappa shape index (κ1) is 45.5. The van der Waals surface area contributed by atoms with Crippen LogP contribution in [0.4, 0.5) is 34.9 Å². The molecule has 0 fully saturated rings. The monoisotopic (exact) mass is 760 g/mol. The van der Waals surface area contributed by atoms with Gasteiger partial charge in [-0.3, -0.25) is 8.42 Å². The third-order valence-corrected chi connectivity index (χ3v) is 8.65. The van der Waals surface area contributed by atoms with Gasteiger partial charge in [0.25, 0.3) is 0 Å². The minimum atomic E-state index is -4.74. The zero-order valence-corrected chi connectivity index (χ0v) is 37.6. The van der Waals surface area contributed by atoms with Gasteiger partial charge in [-0.25, -0.2) is 8.42 Å². The Balaban J connectivity index is 0.00000225. The summed E-state index contributed by atoms with van der Waals surface area (Å²) in [6, 6.07) is 23.2. The van der Waals surface area contributed by atoms with E-state index in [0.717, 1.165) is 6.07 Å². The number of carboxylic acids is 1. The molecule has 0 atom stereocenters. The SMILES string of the molecule is Cc1cc(S(=O)(=O)[O-])c2ccc(Nc3nc(Nc4ccc(C(=O)[O-])cc4)nc(Nc4ccc5c(S(=O)(=O)[O-])c[c-]cc5c4)n3)cc2c1.[Na+].[Na+].[Na+].[Na+]. The Hall–Kier alpha value is -1.68. The summed E-state index contributed by atoms with van der Waals surface area (Å²) in [5, 5.41) is 21.5. The van der Waals surface area contributed by atoms with Crippen LogP contribution in [0.15, 0.2) is 94.7 Å². The summed E-state index contributed by atoms with van der Waals surface area (Å²) >= 11 is 0. The van der Waals surface area contributed by atoms with Crippen LogP contribution in [0.5, 0.6) is 0 Å². The van der Waals surface area contributed by atoms with Gasteiger partial charge in [0.1, 0.15) is 10.1 Å². The number of nitrogens with zero attached hydrogens (tertiary/aromatic N) is 3. The number of aryl methyl sites for hydroxylation is 1. The van der Waals surface area contributed by atoms with Gasteiger partial charge in [0.15, 0.2) is 0 Å². The van der Waals surface area contributed by atoms with Gasteiger partial charge in [-0.2, -0.15) is 33.2 Å². The van der Waals surface area contributed by atoms with Crippen LogP contribution in [-0.2, 0) is 20.2 Å². The molecule has 0 aliphatic heterocycles. The molecule has 1 aromatic heterocycles. The van der Waals surface area contributed by atoms with Gasteiger partial charge < -0.3 is 35.0 Å². The molecule has 0 saturated heterocycles. The van der Waals surface area contributed by atoms with Crippen LogP contribution < -0.4 is 139 Å². The molecule has 0 radical (unpaired) electrons. The summed E-state index contributed by atoms with van der Waals surface area (Å²) in [4.78, 5) is 23.6. The van der Waals surface area contributed by atoms with Crippen molar-refractivity contribution in [3.05, 3.63) is 102 Å². The molecular formula is C31H20N6Na4O8S2. The molecule has 6 rings (SSSR count). The molecule has 0 amide bonds. The summed E-state index contributed by atoms with van der Waals surface area (Å²) in [6.07, 6.45) is 0. The maximum Gasteiger partial charge on any atom is 1.00 e. The van der Waals surface area contributed by atoms with E-state index in [-0.39, 0.29) is 157 Å². The number of rotatable bonds is 9. The first-order chi connectivity index (χ1) is 22.2. The number of anilines is 6. The number of fused-ring (bicyclic) bond motifs is 2. The van der Waals surface area contributed by atoms with Crippen LogP contribution in [0, 0.1) is 13.0 Å². The van der Waals surface area contributed by atoms with Crippen molar-refractivity contribution in [2.75, 3.05) is 16.0 Å². The van der Waals surface area contributed by atoms with Gasteiger partial charge >= 0.3 is 118 Å². The standard InChI is InChI=1S/C31H23N6O8S2.4Na/c1-17-13-20-16-23(10-12-25(20)27(14-17)47(43,44)45)34-31-36-29(32-21-7-5-18(6-8-21)28(38)39)35-30(37-31)33-22-9-11-24-19(15-22)3-2-4-26(24)46(40,41)42;;;;/h3-16H,1H3,(H,38,39)(H,40,41,42)(H,43,44,45)(H3,32,33,34,35,36,37);;;;/q-1;4*+1/p-3. The number of nitrogens with one attached hydrogen (secondary N) is 3. The van der Waals surface area contributed by atoms with Crippen LogP contribution in [0.1, 0.15) is 15.9 Å². The van der Waals surface area contributed by atoms with Crippen molar-refractivity contribution in [2.45, 2.75) is 16.7 Å². The minimum absolute atomic E-state index is 0. The molecule has 51 heavy (non-hydrogen) atoms. The molecule has 0 aliphatic carbocycles. The molecule has 6 aromatic rings. The number of carboxylic acid groups (broad SMARTS) is 1. The van der Waals surface area contributed by atoms with Crippen molar-refractivity contribution < 1.29 is 154 Å². The number of hydrogen-bond donors (Lipinski definition) is 3. The average Bonchev–Trinajstić information content (AvgIpc) is 2.99. The number of aromatic carboxylic acids is 1. The second kappa shape index (κ2) is 18.6. The molecule has 0 saturated carbocycles. The Morgan fingerprint density at radius 3 is 1.55 bits per heavy atom. The summed E-state index contributed by atoms with van der Waals surface area (Å²) in [5.41, 5.74) is 1.86. The predicted molar refractivity (Wildman–Crippen MR) is 168 cm³/mol. The van der Waals surface area contributed by atoms with E-state index in [2.05, 4.69) is 37.0 Å². The average molecular weight is 761 g/mol. The van der Waals surface area contributed by atoms with Crippen LogP contribution in [0.3, 0.4) is 0 Å². The van der Waals surface area contributed by atoms with E-state index in [9.17, 15) is 35.8 Å². The Labute approximate surface area is 381 Å². The van der Waals surface area contributed by atoms with E-state index in [0.29, 0.717) is 33.4 Å². The maximum atomic E-state index is 11.8. The van der Waals surface area contributed by atoms with Gasteiger partial charge in [-0.05, 0) is 70.1 Å². The quantitative estimate of drug-likeness (QED) is 0.0707. The second-order valence-electron chi connectivity index (χ2n) is 10.3. The number of carbonyl (C=O) groups excluding carboxylic acids is 1. The molecule has 0 unspecified atom stereocenters. The number of benzene rings is 5. The molecule has 0 aliphatic rings. The third kappa shape index (κ3) is 11.2. The Morgan fingerprint density at radius 1 is 0.608 bits per heavy atom. The molecule has 0 bridgehead atoms. The second-order valence-corrected chi connectivity index (χ2v) is 13.0. The number of aromatic nitrogens is 3. The Morgan fingerprint density at radius 2 is 1.06 bits per heavy atom. The summed E-state index contributed by atoms with van der Waals surface area (Å²) in [5.74, 6) is -1.23. The first-order valence-corrected chi connectivity index (χ1v) is 16.3. The van der Waals surface area contributed by atoms with E-state index >= 15 is 0 Å². The predicted octanol–water partition coefficient (Wildman–Crippen LogP) is -8.29. The maximum absolute atomic E-state index is 11.8. The summed E-state index contributed by atoms with van der Waals surface area (Å²) < 4.78 is 70.6. The van der Waals surface area contributed by atoms with Gasteiger partial charge in [0, 0.05) is 17.1 Å². The normalized spacial score (nSPS) is 10.9. The Bertz CT molecular complexity index is 2460. The van der Waals surface area contributed by atoms with E-state index < -0.39 is 31.1 Å². The van der Waals surface area contributed by atoms with E-state index in [1.54, 1.807) is 31.2 Å². The van der Waals surface area contributed by atoms with Crippen molar-refractivity contribution in [3.63, 3.8) is 0 Å². The third-order valence-electron chi connectivity index (χ3n) is 6.89. The molecule has 5 aromatic carbocycles. The molecule has 1 heterocycles. The minimum Gasteiger partial charge on any atom is -0.754 e. The molecular weight excluding hydrogens is 740 g/mol. The fourth-order valence-corrected chi connectivity index (χ4v) is 6.31. The van der Waals surface area contributed by atoms with Crippen molar-refractivity contribution >= 4 is 82.7 Å². The zero-order chi connectivity index (χ0) is 33.5. The smallest absolute Gasteiger partial charge is 0.754 e. The van der Waals surface area contributed by atoms with Crippen molar-refractivity contribution in [1.82, 2.24) is 15.0 Å². The summed E-state index contributed by atoms with van der Waals surface area (Å²) in [6.45, 7) is 1.67. The molecule has 20 heteroatoms. The molecule has 14 nitrogen and oxygen atoms in total. The van der Waals surface area contributed by atoms with Crippen molar-refractivity contribution in [3.8, 4) is 0 Å². The van der Waals surface area contributed by atoms with E-state index in [1.807, 2.05) is 0 Å². The number of hydrogen-bond acceptors (Lipinski definition) is 14. The molecule has 3 N–H and O–H groups in total. The Kier molecular flexibility index (Phi) is 16.6. The van der Waals surface area contributed by atoms with E-state index in [1.165, 1.54) is 54.6 Å². The van der Waals surface area contributed by atoms with Crippen LogP contribution in [0.25, 0.3) is 21.5 Å². The van der Waals surface area contributed by atoms with Crippen molar-refractivity contribution in [2.24, 2.45) is 0 Å². The fourth-order valence-electron chi connectivity index (χ4n) is 4.86. The van der Waals surface area contributed by atoms with Gasteiger partial charge in [-0.1, -0.05) is 36.4 Å². The van der Waals surface area contributed by atoms with Crippen LogP contribution in [0.2, 0.25) is 0 Å². The van der Waals surface area contributed by atoms with Gasteiger partial charge in [-0.15, -0.1) is 10.8 Å². The molecule has 0 spiro atoms. The van der Waals surface area contributed by atoms with Gasteiger partial charge in [0.05, 0.1) is 21.0 Å². The van der Waals surface area contributed by atoms with Gasteiger partial charge in [0.2, 0.25) is 17.8 Å². The zero-order valence-electron chi connectivity index (χ0n) is 28.0. The van der Waals surface area contributed by atoms with Crippen LogP contribution >= 0.6 is 0 Å². The van der Waals surface area contributed by atoms with E-state index in [4.69, 9.17) is 0 Å². The fraction of sp³-hybridized carbons (Fsp3) is 0.0323. The summed E-state index contributed by atoms with van der Waals surface area (Å²) in [7, 11) is -9.47. The van der Waals surface area contributed by atoms with Crippen LogP contribution in [-0.4, -0.2) is 46.9 Å². The largest absolute Gasteiger partial charge is 1.00 e. The number of carbonyl (C=O) groups is 1. The topological polar surface area (TPSA) is 229 Å². The first-order valence-electron chi connectivity index (χ1n) is 13.5. The molecule has 238 valence electrons. The van der Waals surface area contributed by atoms with Crippen molar-refractivity contribution in [1.29, 1.82) is 0 Å².